The van der Waals surface area contributed by atoms with E-state index in [1.165, 1.54) is 41.1 Å². The minimum Gasteiger partial charge on any atom is -0.872 e. The van der Waals surface area contributed by atoms with E-state index in [1.54, 1.807) is 78.6 Å². The number of carboxylic acids is 1. The van der Waals surface area contributed by atoms with Crippen molar-refractivity contribution in [1.29, 1.82) is 0 Å². The number of aromatic nitrogens is 6. The fourth-order valence-corrected chi connectivity index (χ4v) is 7.54. The third kappa shape index (κ3) is 8.99. The number of rotatable bonds is 13. The molecule has 0 spiro atoms. The summed E-state index contributed by atoms with van der Waals surface area (Å²) in [7, 11) is 1.76. The largest absolute Gasteiger partial charge is 0.872 e. The van der Waals surface area contributed by atoms with Crippen LogP contribution < -0.4 is 37.1 Å². The maximum absolute atomic E-state index is 13.1. The van der Waals surface area contributed by atoms with Gasteiger partial charge in [0.05, 0.1) is 23.6 Å². The number of carbonyl (C=O) groups is 3. The molecule has 3 aromatic carbocycles. The topological polar surface area (TPSA) is 259 Å². The second-order valence-corrected chi connectivity index (χ2v) is 15.3. The number of fused-ring (bicyclic) bond motifs is 5. The van der Waals surface area contributed by atoms with Gasteiger partial charge >= 0.3 is 12.0 Å². The Balaban J connectivity index is 0.735. The van der Waals surface area contributed by atoms with E-state index in [4.69, 9.17) is 21.1 Å². The number of benzene rings is 4. The molecule has 0 unspecified atom stereocenters. The van der Waals surface area contributed by atoms with Crippen LogP contribution >= 0.6 is 12.2 Å². The smallest absolute Gasteiger partial charge is 0.336 e. The van der Waals surface area contributed by atoms with E-state index in [-0.39, 0.29) is 51.5 Å². The van der Waals surface area contributed by atoms with E-state index in [0.29, 0.717) is 87.6 Å². The number of aromatic carboxylic acids is 1. The average molecular weight is 891 g/mol. The van der Waals surface area contributed by atoms with Crippen LogP contribution in [-0.4, -0.2) is 70.6 Å². The molecule has 0 saturated heterocycles. The number of anilines is 3. The molecule has 0 bridgehead atoms. The van der Waals surface area contributed by atoms with Crippen LogP contribution in [0, 0.1) is 0 Å². The van der Waals surface area contributed by atoms with Crippen molar-refractivity contribution in [2.24, 2.45) is 7.05 Å². The number of hydrogen-bond acceptors (Lipinski definition) is 12. The Hall–Kier alpha value is -8.65. The highest BCUT2D eigenvalue weighted by Gasteiger charge is 2.23. The minimum atomic E-state index is -1.19. The normalized spacial score (nSPS) is 11.3. The van der Waals surface area contributed by atoms with Gasteiger partial charge in [-0.15, -0.1) is 10.8 Å². The Labute approximate surface area is 372 Å². The summed E-state index contributed by atoms with van der Waals surface area (Å²) in [5, 5.41) is 47.2. The molecule has 5 heterocycles. The molecule has 326 valence electrons. The quantitative estimate of drug-likeness (QED) is 0.0441. The van der Waals surface area contributed by atoms with Crippen LogP contribution in [0.1, 0.15) is 28.8 Å². The van der Waals surface area contributed by atoms with Gasteiger partial charge in [-0.25, -0.2) is 14.6 Å². The lowest BCUT2D eigenvalue weighted by atomic mass is 9.90. The van der Waals surface area contributed by atoms with Gasteiger partial charge in [-0.3, -0.25) is 19.6 Å². The molecule has 0 saturated carbocycles. The van der Waals surface area contributed by atoms with E-state index in [0.717, 1.165) is 5.56 Å². The number of amides is 3. The first-order chi connectivity index (χ1) is 31.4. The van der Waals surface area contributed by atoms with Gasteiger partial charge in [0.1, 0.15) is 11.3 Å². The number of urea groups is 1. The molecule has 3 amide bonds. The fourth-order valence-electron chi connectivity index (χ4n) is 7.32. The van der Waals surface area contributed by atoms with Crippen molar-refractivity contribution in [1.82, 2.24) is 40.0 Å². The lowest BCUT2D eigenvalue weighted by Gasteiger charge is -2.18. The molecule has 1 aliphatic heterocycles. The number of hydrogen-bond donors (Lipinski definition) is 6. The van der Waals surface area contributed by atoms with Gasteiger partial charge < -0.3 is 40.3 Å². The number of carbonyl (C=O) groups excluding carboxylic acids is 2. The maximum Gasteiger partial charge on any atom is 0.336 e. The highest BCUT2D eigenvalue weighted by atomic mass is 32.1. The summed E-state index contributed by atoms with van der Waals surface area (Å²) in [5.74, 6) is -0.540. The standard InChI is InChI=1S/C45H37N11O8S/c1-55-23-33-39(53-55)51-43(56-41(33)50-40(54-56)34-5-4-18-63-34)52-44(62)48-25-8-6-24(7-9-25)19-37(59)46-16-2-3-17-47-45(65)49-26-10-13-29(32(20-26)42(60)61)38-30-14-11-27(57)21-35(30)64-36-22-28(58)12-15-31(36)38/h4-15,18,20-23,57H,2-3,16-17,19H2,1H3,(H,46,59)(H,60,61)(H2,47,49,65)(H2,48,51,52,53,62)/p-1. The van der Waals surface area contributed by atoms with Gasteiger partial charge in [0.25, 0.3) is 0 Å². The van der Waals surface area contributed by atoms with Crippen molar-refractivity contribution in [2.75, 3.05) is 29.0 Å². The van der Waals surface area contributed by atoms with Gasteiger partial charge in [0.15, 0.2) is 27.6 Å². The SMILES string of the molecule is Cn1cc2c(nc(NC(=O)Nc3ccc(CC(=O)NCCCCNC(=S)Nc4ccc(-c5c6ccc(=O)cc-6oc6cc([O-])ccc56)c(C(=O)O)c4)cc3)n3nc(-c4ccco4)nc23)n1. The lowest BCUT2D eigenvalue weighted by molar-refractivity contribution is -0.268. The zero-order valence-electron chi connectivity index (χ0n) is 34.2. The monoisotopic (exact) mass is 890 g/mol. The summed E-state index contributed by atoms with van der Waals surface area (Å²) < 4.78 is 14.3. The van der Waals surface area contributed by atoms with Crippen LogP contribution in [0.5, 0.6) is 5.75 Å². The van der Waals surface area contributed by atoms with Crippen LogP contribution in [-0.2, 0) is 18.3 Å². The molecule has 7 aromatic rings. The predicted octanol–water partition coefficient (Wildman–Crippen LogP) is 5.99. The summed E-state index contributed by atoms with van der Waals surface area (Å²) >= 11 is 5.47. The average Bonchev–Trinajstić information content (AvgIpc) is 4.05. The number of nitrogens with one attached hydrogen (secondary N) is 5. The van der Waals surface area contributed by atoms with Crippen LogP contribution in [0.3, 0.4) is 0 Å². The Bertz CT molecular complexity index is 3330. The van der Waals surface area contributed by atoms with Gasteiger partial charge in [-0.2, -0.15) is 14.6 Å². The number of unbranched alkanes of at least 4 members (excludes halogenated alkanes) is 1. The summed E-state index contributed by atoms with van der Waals surface area (Å²) in [6, 6.07) is 23.1. The number of thiocarbonyl (C=S) groups is 1. The Morgan fingerprint density at radius 2 is 1.60 bits per heavy atom. The Morgan fingerprint density at radius 1 is 0.815 bits per heavy atom. The van der Waals surface area contributed by atoms with Gasteiger partial charge in [0.2, 0.25) is 17.7 Å². The van der Waals surface area contributed by atoms with E-state index in [1.807, 2.05) is 0 Å². The molecule has 0 atom stereocenters. The van der Waals surface area contributed by atoms with E-state index >= 15 is 0 Å². The summed E-state index contributed by atoms with van der Waals surface area (Å²) in [6.45, 7) is 0.929. The molecule has 1 aliphatic carbocycles. The zero-order chi connectivity index (χ0) is 45.2. The predicted molar refractivity (Wildman–Crippen MR) is 243 cm³/mol. The first-order valence-corrected chi connectivity index (χ1v) is 20.5. The number of carboxylic acid groups (broad SMARTS) is 1. The fraction of sp³-hybridized carbons (Fsp3) is 0.133. The summed E-state index contributed by atoms with van der Waals surface area (Å²) in [4.78, 5) is 59.5. The number of furan rings is 1. The highest BCUT2D eigenvalue weighted by Crippen LogP contribution is 2.42. The molecular weight excluding hydrogens is 855 g/mol. The Morgan fingerprint density at radius 3 is 2.38 bits per heavy atom. The van der Waals surface area contributed by atoms with Gasteiger partial charge in [-0.05, 0) is 90.8 Å². The van der Waals surface area contributed by atoms with Crippen molar-refractivity contribution in [3.05, 3.63) is 125 Å². The molecule has 2 aliphatic rings. The molecule has 4 aromatic heterocycles. The zero-order valence-corrected chi connectivity index (χ0v) is 35.1. The first-order valence-electron chi connectivity index (χ1n) is 20.1. The van der Waals surface area contributed by atoms with Crippen molar-refractivity contribution >= 4 is 80.2 Å². The molecule has 19 nitrogen and oxygen atoms in total. The second-order valence-electron chi connectivity index (χ2n) is 14.9. The third-order valence-corrected chi connectivity index (χ3v) is 10.5. The minimum absolute atomic E-state index is 0.0283. The third-order valence-electron chi connectivity index (χ3n) is 10.3. The molecule has 6 N–H and O–H groups in total. The van der Waals surface area contributed by atoms with Crippen LogP contribution in [0.25, 0.3) is 61.7 Å². The molecule has 0 radical (unpaired) electrons. The second kappa shape index (κ2) is 17.6. The maximum atomic E-state index is 13.1. The molecule has 20 heteroatoms. The van der Waals surface area contributed by atoms with Crippen molar-refractivity contribution in [3.63, 3.8) is 0 Å². The summed E-state index contributed by atoms with van der Waals surface area (Å²) in [5.41, 5.74) is 3.79. The molecule has 9 rings (SSSR count). The van der Waals surface area contributed by atoms with E-state index < -0.39 is 12.0 Å². The van der Waals surface area contributed by atoms with Crippen molar-refractivity contribution < 1.29 is 33.4 Å². The Kier molecular flexibility index (Phi) is 11.3. The van der Waals surface area contributed by atoms with E-state index in [9.17, 15) is 29.4 Å². The summed E-state index contributed by atoms with van der Waals surface area (Å²) in [6.07, 6.45) is 4.76. The molecule has 0 fully saturated rings. The van der Waals surface area contributed by atoms with Crippen LogP contribution in [0.4, 0.5) is 22.1 Å². The van der Waals surface area contributed by atoms with Gasteiger partial charge in [-0.1, -0.05) is 30.3 Å². The van der Waals surface area contributed by atoms with Crippen LogP contribution in [0.15, 0.2) is 117 Å². The van der Waals surface area contributed by atoms with Crippen LogP contribution in [0.2, 0.25) is 0 Å². The van der Waals surface area contributed by atoms with Crippen molar-refractivity contribution in [2.45, 2.75) is 19.3 Å². The number of aryl methyl sites for hydroxylation is 1. The van der Waals surface area contributed by atoms with Gasteiger partial charge in [0, 0.05) is 60.3 Å². The van der Waals surface area contributed by atoms with E-state index in [2.05, 4.69) is 46.7 Å². The first kappa shape index (κ1) is 41.7. The highest BCUT2D eigenvalue weighted by molar-refractivity contribution is 7.80. The lowest BCUT2D eigenvalue weighted by Crippen LogP contribution is -2.30. The number of nitrogens with zero attached hydrogens (tertiary/aromatic N) is 6. The molecular formula is C45H36N11O8S-. The van der Waals surface area contributed by atoms with Crippen molar-refractivity contribution in [3.8, 4) is 39.8 Å². The molecule has 65 heavy (non-hydrogen) atoms.